The Hall–Kier alpha value is -2.81. The van der Waals surface area contributed by atoms with Crippen LogP contribution in [0.3, 0.4) is 0 Å². The zero-order chi connectivity index (χ0) is 32.0. The molecule has 3 aromatic rings. The quantitative estimate of drug-likeness (QED) is 0.242. The van der Waals surface area contributed by atoms with Crippen molar-refractivity contribution in [3.8, 4) is 0 Å². The monoisotopic (exact) mass is 670 g/mol. The maximum Gasteiger partial charge on any atom is 0.407 e. The predicted molar refractivity (Wildman–Crippen MR) is 174 cm³/mol. The lowest BCUT2D eigenvalue weighted by molar-refractivity contribution is -0.147. The number of ether oxygens (including phenoxy) is 3. The first-order valence-corrected chi connectivity index (χ1v) is 18.5. The van der Waals surface area contributed by atoms with Gasteiger partial charge < -0.3 is 30.0 Å². The minimum absolute atomic E-state index is 0.00481. The number of carbonyl (C=O) groups is 1. The minimum Gasteiger partial charge on any atom is -0.443 e. The smallest absolute Gasteiger partial charge is 0.407 e. The SMILES string of the molecule is CC(C)CN(C[C@@H](O)[C@H](Cc1ccccc1)NC(=O)OC1CC2COC3OC1CC23)S(=O)(=O)c1ccc2nc(NC3CC3)sc2c1. The summed E-state index contributed by atoms with van der Waals surface area (Å²) in [5, 5.41) is 18.7. The van der Waals surface area contributed by atoms with Gasteiger partial charge in [0.2, 0.25) is 10.0 Å². The summed E-state index contributed by atoms with van der Waals surface area (Å²) in [4.78, 5) is 18.1. The van der Waals surface area contributed by atoms with Crippen LogP contribution in [0.15, 0.2) is 53.4 Å². The number of anilines is 1. The van der Waals surface area contributed by atoms with Crippen molar-refractivity contribution in [2.75, 3.05) is 25.0 Å². The fourth-order valence-electron chi connectivity index (χ4n) is 6.85. The van der Waals surface area contributed by atoms with E-state index in [2.05, 4.69) is 15.6 Å². The molecule has 1 aromatic heterocycles. The number of carbonyl (C=O) groups excluding carboxylic acids is 1. The van der Waals surface area contributed by atoms with Crippen molar-refractivity contribution in [3.05, 3.63) is 54.1 Å². The van der Waals surface area contributed by atoms with E-state index in [1.165, 1.54) is 15.6 Å². The third kappa shape index (κ3) is 6.90. The van der Waals surface area contributed by atoms with E-state index in [1.807, 2.05) is 44.2 Å². The van der Waals surface area contributed by atoms with E-state index in [9.17, 15) is 18.3 Å². The van der Waals surface area contributed by atoms with Crippen LogP contribution >= 0.6 is 11.3 Å². The number of nitrogens with one attached hydrogen (secondary N) is 2. The summed E-state index contributed by atoms with van der Waals surface area (Å²) in [5.74, 6) is 0.648. The molecule has 2 saturated carbocycles. The Morgan fingerprint density at radius 2 is 1.96 bits per heavy atom. The lowest BCUT2D eigenvalue weighted by Crippen LogP contribution is -2.52. The number of hydrogen-bond acceptors (Lipinski definition) is 10. The van der Waals surface area contributed by atoms with Gasteiger partial charge in [0.25, 0.3) is 0 Å². The molecule has 0 spiro atoms. The van der Waals surface area contributed by atoms with Crippen LogP contribution in [0.1, 0.15) is 45.1 Å². The second-order valence-electron chi connectivity index (χ2n) is 13.5. The minimum atomic E-state index is -3.99. The van der Waals surface area contributed by atoms with E-state index < -0.39 is 34.4 Å². The van der Waals surface area contributed by atoms with Gasteiger partial charge in [-0.3, -0.25) is 0 Å². The zero-order valence-electron chi connectivity index (χ0n) is 26.1. The van der Waals surface area contributed by atoms with E-state index in [1.54, 1.807) is 18.2 Å². The topological polar surface area (TPSA) is 139 Å². The van der Waals surface area contributed by atoms with Crippen LogP contribution < -0.4 is 10.6 Å². The number of alkyl carbamates (subject to hydrolysis) is 1. The van der Waals surface area contributed by atoms with E-state index >= 15 is 0 Å². The molecule has 2 bridgehead atoms. The Morgan fingerprint density at radius 1 is 1.15 bits per heavy atom. The second-order valence-corrected chi connectivity index (χ2v) is 16.5. The average molecular weight is 671 g/mol. The van der Waals surface area contributed by atoms with E-state index in [0.717, 1.165) is 40.2 Å². The molecule has 2 aliphatic carbocycles. The molecule has 3 heterocycles. The van der Waals surface area contributed by atoms with Crippen LogP contribution in [-0.4, -0.2) is 85.3 Å². The number of aliphatic hydroxyl groups excluding tert-OH is 1. The third-order valence-corrected chi connectivity index (χ3v) is 12.2. The Bertz CT molecular complexity index is 1650. The van der Waals surface area contributed by atoms with Gasteiger partial charge in [-0.1, -0.05) is 55.5 Å². The molecule has 5 unspecified atom stereocenters. The number of nitrogens with zero attached hydrogens (tertiary/aromatic N) is 2. The van der Waals surface area contributed by atoms with Crippen LogP contribution in [0.4, 0.5) is 9.93 Å². The molecule has 11 nitrogen and oxygen atoms in total. The summed E-state index contributed by atoms with van der Waals surface area (Å²) in [6.45, 7) is 4.47. The number of sulfonamides is 1. The molecule has 7 rings (SSSR count). The molecule has 1 amide bonds. The molecule has 248 valence electrons. The summed E-state index contributed by atoms with van der Waals surface area (Å²) in [6.07, 6.45) is 1.31. The average Bonchev–Trinajstić information content (AvgIpc) is 3.43. The second kappa shape index (κ2) is 13.0. The van der Waals surface area contributed by atoms with Crippen molar-refractivity contribution >= 4 is 42.8 Å². The van der Waals surface area contributed by atoms with E-state index in [-0.39, 0.29) is 36.3 Å². The van der Waals surface area contributed by atoms with Crippen molar-refractivity contribution in [1.82, 2.24) is 14.6 Å². The van der Waals surface area contributed by atoms with Crippen molar-refractivity contribution in [3.63, 3.8) is 0 Å². The number of benzene rings is 2. The van der Waals surface area contributed by atoms with Gasteiger partial charge in [0.15, 0.2) is 11.4 Å². The first-order chi connectivity index (χ1) is 22.1. The molecule has 13 heteroatoms. The number of fused-ring (bicyclic) bond motifs is 2. The molecule has 3 N–H and O–H groups in total. The van der Waals surface area contributed by atoms with Gasteiger partial charge in [-0.05, 0) is 67.7 Å². The van der Waals surface area contributed by atoms with Crippen molar-refractivity contribution in [1.29, 1.82) is 0 Å². The maximum atomic E-state index is 14.1. The number of hydrogen-bond donors (Lipinski definition) is 3. The highest BCUT2D eigenvalue weighted by Gasteiger charge is 2.54. The maximum absolute atomic E-state index is 14.1. The molecular weight excluding hydrogens is 629 g/mol. The highest BCUT2D eigenvalue weighted by Crippen LogP contribution is 2.47. The number of rotatable bonds is 13. The molecule has 2 saturated heterocycles. The molecule has 4 fully saturated rings. The first kappa shape index (κ1) is 31.8. The number of amides is 1. The molecular formula is C33H42N4O7S2. The third-order valence-electron chi connectivity index (χ3n) is 9.38. The Labute approximate surface area is 273 Å². The van der Waals surface area contributed by atoms with Gasteiger partial charge in [0.1, 0.15) is 6.10 Å². The summed E-state index contributed by atoms with van der Waals surface area (Å²) in [6, 6.07) is 14.1. The molecule has 46 heavy (non-hydrogen) atoms. The van der Waals surface area contributed by atoms with E-state index in [0.29, 0.717) is 37.3 Å². The normalized spacial score (nSPS) is 26.8. The van der Waals surface area contributed by atoms with Crippen LogP contribution in [-0.2, 0) is 30.7 Å². The highest BCUT2D eigenvalue weighted by molar-refractivity contribution is 7.89. The molecule has 2 aromatic carbocycles. The molecule has 0 radical (unpaired) electrons. The largest absolute Gasteiger partial charge is 0.443 e. The highest BCUT2D eigenvalue weighted by atomic mass is 32.2. The van der Waals surface area contributed by atoms with Gasteiger partial charge in [-0.15, -0.1) is 0 Å². The van der Waals surface area contributed by atoms with Gasteiger partial charge in [-0.2, -0.15) is 4.31 Å². The van der Waals surface area contributed by atoms with Gasteiger partial charge in [-0.25, -0.2) is 18.2 Å². The van der Waals surface area contributed by atoms with Crippen LogP contribution in [0, 0.1) is 17.8 Å². The predicted octanol–water partition coefficient (Wildman–Crippen LogP) is 4.37. The van der Waals surface area contributed by atoms with Gasteiger partial charge in [0.05, 0.1) is 40.0 Å². The fraction of sp³-hybridized carbons (Fsp3) is 0.576. The standard InChI is InChI=1S/C33H42N4O7S2/c1-19(2)16-37(46(40,41)23-10-11-25-30(14-23)45-32(35-25)34-22-8-9-22)17-27(38)26(12-20-6-4-3-5-7-20)36-33(39)44-28-13-21-18-42-31-24(21)15-29(28)43-31/h3-7,10-11,14,19,21-22,24,26-29,31,38H,8-9,12-13,15-18H2,1-2H3,(H,34,35)(H,36,39)/t21?,24?,26-,27+,28?,29?,31?/m0/s1. The van der Waals surface area contributed by atoms with E-state index in [4.69, 9.17) is 14.2 Å². The lowest BCUT2D eigenvalue weighted by atomic mass is 9.80. The van der Waals surface area contributed by atoms with Crippen LogP contribution in [0.2, 0.25) is 0 Å². The summed E-state index contributed by atoms with van der Waals surface area (Å²) < 4.78 is 47.9. The van der Waals surface area contributed by atoms with Gasteiger partial charge in [0, 0.05) is 25.0 Å². The Kier molecular flexibility index (Phi) is 8.98. The zero-order valence-corrected chi connectivity index (χ0v) is 27.7. The summed E-state index contributed by atoms with van der Waals surface area (Å²) >= 11 is 1.44. The number of thiazole rings is 1. The molecule has 7 atom stereocenters. The van der Waals surface area contributed by atoms with Crippen molar-refractivity contribution in [2.24, 2.45) is 17.8 Å². The lowest BCUT2D eigenvalue weighted by Gasteiger charge is -2.33. The number of aromatic nitrogens is 1. The van der Waals surface area contributed by atoms with Gasteiger partial charge >= 0.3 is 6.09 Å². The van der Waals surface area contributed by atoms with Crippen molar-refractivity contribution in [2.45, 2.75) is 87.5 Å². The summed E-state index contributed by atoms with van der Waals surface area (Å²) in [7, 11) is -3.99. The van der Waals surface area contributed by atoms with Crippen LogP contribution in [0.5, 0.6) is 0 Å². The van der Waals surface area contributed by atoms with Crippen molar-refractivity contribution < 1.29 is 32.5 Å². The van der Waals surface area contributed by atoms with Crippen LogP contribution in [0.25, 0.3) is 10.2 Å². The first-order valence-electron chi connectivity index (χ1n) is 16.3. The fourth-order valence-corrected chi connectivity index (χ4v) is 9.56. The number of aliphatic hydroxyl groups is 1. The Morgan fingerprint density at radius 3 is 2.72 bits per heavy atom. The molecule has 4 aliphatic rings. The summed E-state index contributed by atoms with van der Waals surface area (Å²) in [5.41, 5.74) is 1.63. The Balaban J connectivity index is 1.08. The molecule has 2 aliphatic heterocycles.